The Hall–Kier alpha value is -3.08. The van der Waals surface area contributed by atoms with Crippen molar-refractivity contribution in [3.63, 3.8) is 0 Å². The fourth-order valence-corrected chi connectivity index (χ4v) is 2.73. The molecule has 2 aromatic carbocycles. The van der Waals surface area contributed by atoms with E-state index in [0.717, 1.165) is 28.5 Å². The van der Waals surface area contributed by atoms with E-state index in [1.165, 1.54) is 0 Å². The number of carbonyl (C=O) groups excluding carboxylic acids is 2. The number of H-pyrrole nitrogens is 1. The van der Waals surface area contributed by atoms with Crippen LogP contribution in [0.5, 0.6) is 0 Å². The number of amides is 2. The molecule has 0 aliphatic carbocycles. The van der Waals surface area contributed by atoms with Crippen molar-refractivity contribution in [3.05, 3.63) is 65.9 Å². The molecule has 0 aliphatic rings. The number of hydrogen-bond donors (Lipinski definition) is 3. The number of benzene rings is 2. The Morgan fingerprint density at radius 3 is 2.56 bits per heavy atom. The van der Waals surface area contributed by atoms with Gasteiger partial charge in [0.15, 0.2) is 0 Å². The van der Waals surface area contributed by atoms with Crippen LogP contribution in [0.1, 0.15) is 17.5 Å². The summed E-state index contributed by atoms with van der Waals surface area (Å²) >= 11 is 0. The van der Waals surface area contributed by atoms with Gasteiger partial charge in [-0.3, -0.25) is 9.59 Å². The third kappa shape index (κ3) is 4.47. The van der Waals surface area contributed by atoms with Crippen LogP contribution in [0.3, 0.4) is 0 Å². The molecule has 3 aromatic rings. The van der Waals surface area contributed by atoms with Gasteiger partial charge in [-0.1, -0.05) is 35.9 Å². The summed E-state index contributed by atoms with van der Waals surface area (Å²) in [4.78, 5) is 27.0. The minimum absolute atomic E-state index is 0.179. The maximum atomic E-state index is 11.9. The van der Waals surface area contributed by atoms with Crippen LogP contribution in [0.2, 0.25) is 0 Å². The molecule has 5 nitrogen and oxygen atoms in total. The lowest BCUT2D eigenvalue weighted by molar-refractivity contribution is -0.126. The zero-order valence-electron chi connectivity index (χ0n) is 14.1. The van der Waals surface area contributed by atoms with Gasteiger partial charge < -0.3 is 15.6 Å². The van der Waals surface area contributed by atoms with E-state index in [0.29, 0.717) is 12.2 Å². The molecule has 25 heavy (non-hydrogen) atoms. The lowest BCUT2D eigenvalue weighted by Gasteiger charge is -2.07. The molecule has 0 radical (unpaired) electrons. The smallest absolute Gasteiger partial charge is 0.233 e. The molecule has 0 saturated carbocycles. The number of anilines is 1. The largest absolute Gasteiger partial charge is 0.361 e. The Morgan fingerprint density at radius 2 is 1.76 bits per heavy atom. The number of aromatic amines is 1. The maximum absolute atomic E-state index is 11.9. The van der Waals surface area contributed by atoms with Crippen molar-refractivity contribution in [2.75, 3.05) is 11.9 Å². The number of rotatable bonds is 6. The van der Waals surface area contributed by atoms with Gasteiger partial charge in [0.05, 0.1) is 0 Å². The molecule has 0 saturated heterocycles. The van der Waals surface area contributed by atoms with Crippen molar-refractivity contribution >= 4 is 28.4 Å². The Labute approximate surface area is 146 Å². The third-order valence-corrected chi connectivity index (χ3v) is 4.05. The first kappa shape index (κ1) is 16.8. The lowest BCUT2D eigenvalue weighted by atomic mass is 10.1. The van der Waals surface area contributed by atoms with Gasteiger partial charge in [0.2, 0.25) is 11.8 Å². The first-order chi connectivity index (χ1) is 12.1. The van der Waals surface area contributed by atoms with E-state index in [4.69, 9.17) is 0 Å². The number of fused-ring (bicyclic) bond motifs is 1. The first-order valence-electron chi connectivity index (χ1n) is 8.30. The average Bonchev–Trinajstić information content (AvgIpc) is 3.00. The second-order valence-electron chi connectivity index (χ2n) is 6.05. The van der Waals surface area contributed by atoms with E-state index >= 15 is 0 Å². The van der Waals surface area contributed by atoms with Crippen molar-refractivity contribution < 1.29 is 9.59 Å². The summed E-state index contributed by atoms with van der Waals surface area (Å²) < 4.78 is 0. The summed E-state index contributed by atoms with van der Waals surface area (Å²) in [6, 6.07) is 15.5. The van der Waals surface area contributed by atoms with Crippen LogP contribution in [0.15, 0.2) is 54.7 Å². The normalized spacial score (nSPS) is 10.6. The van der Waals surface area contributed by atoms with Gasteiger partial charge in [-0.05, 0) is 37.1 Å². The van der Waals surface area contributed by atoms with E-state index in [-0.39, 0.29) is 18.2 Å². The Bertz CT molecular complexity index is 881. The Morgan fingerprint density at radius 1 is 1.00 bits per heavy atom. The van der Waals surface area contributed by atoms with E-state index in [1.54, 1.807) is 0 Å². The van der Waals surface area contributed by atoms with Crippen LogP contribution in [0.4, 0.5) is 5.69 Å². The number of hydrogen-bond acceptors (Lipinski definition) is 2. The number of para-hydroxylation sites is 1. The highest BCUT2D eigenvalue weighted by Gasteiger charge is 2.10. The SMILES string of the molecule is Cc1ccc(NC(=O)CC(=O)NCCc2c[nH]c3ccccc23)cc1. The number of aromatic nitrogens is 1. The fraction of sp³-hybridized carbons (Fsp3) is 0.200. The fourth-order valence-electron chi connectivity index (χ4n) is 2.73. The van der Waals surface area contributed by atoms with E-state index in [2.05, 4.69) is 21.7 Å². The summed E-state index contributed by atoms with van der Waals surface area (Å²) in [6.45, 7) is 2.48. The highest BCUT2D eigenvalue weighted by molar-refractivity contribution is 6.03. The monoisotopic (exact) mass is 335 g/mol. The van der Waals surface area contributed by atoms with Gasteiger partial charge in [-0.25, -0.2) is 0 Å². The van der Waals surface area contributed by atoms with Gasteiger partial charge in [-0.2, -0.15) is 0 Å². The second kappa shape index (κ2) is 7.66. The van der Waals surface area contributed by atoms with E-state index in [9.17, 15) is 9.59 Å². The van der Waals surface area contributed by atoms with E-state index < -0.39 is 0 Å². The molecule has 0 aliphatic heterocycles. The summed E-state index contributed by atoms with van der Waals surface area (Å²) in [6.07, 6.45) is 2.50. The van der Waals surface area contributed by atoms with Crippen molar-refractivity contribution in [2.24, 2.45) is 0 Å². The maximum Gasteiger partial charge on any atom is 0.233 e. The molecule has 0 unspecified atom stereocenters. The zero-order valence-corrected chi connectivity index (χ0v) is 14.1. The Kier molecular flexibility index (Phi) is 5.14. The van der Waals surface area contributed by atoms with Crippen LogP contribution in [0.25, 0.3) is 10.9 Å². The molecule has 128 valence electrons. The molecule has 5 heteroatoms. The number of nitrogens with one attached hydrogen (secondary N) is 3. The quantitative estimate of drug-likeness (QED) is 0.605. The second-order valence-corrected chi connectivity index (χ2v) is 6.05. The summed E-state index contributed by atoms with van der Waals surface area (Å²) in [7, 11) is 0. The highest BCUT2D eigenvalue weighted by atomic mass is 16.2. The molecular formula is C20H21N3O2. The predicted octanol–water partition coefficient (Wildman–Crippen LogP) is 3.16. The molecule has 0 fully saturated rings. The minimum Gasteiger partial charge on any atom is -0.361 e. The molecular weight excluding hydrogens is 314 g/mol. The molecule has 0 spiro atoms. The predicted molar refractivity (Wildman–Crippen MR) is 99.4 cm³/mol. The molecule has 1 aromatic heterocycles. The summed E-state index contributed by atoms with van der Waals surface area (Å²) in [5.74, 6) is -0.585. The van der Waals surface area contributed by atoms with Crippen LogP contribution < -0.4 is 10.6 Å². The standard InChI is InChI=1S/C20H21N3O2/c1-14-6-8-16(9-7-14)23-20(25)12-19(24)21-11-10-15-13-22-18-5-3-2-4-17(15)18/h2-9,13,22H,10-12H2,1H3,(H,21,24)(H,23,25). The summed E-state index contributed by atoms with van der Waals surface area (Å²) in [5, 5.41) is 6.68. The van der Waals surface area contributed by atoms with Crippen LogP contribution in [-0.4, -0.2) is 23.3 Å². The average molecular weight is 335 g/mol. The van der Waals surface area contributed by atoms with Crippen molar-refractivity contribution in [2.45, 2.75) is 19.8 Å². The first-order valence-corrected chi connectivity index (χ1v) is 8.30. The van der Waals surface area contributed by atoms with Gasteiger partial charge in [0.1, 0.15) is 6.42 Å². The van der Waals surface area contributed by atoms with Crippen LogP contribution in [-0.2, 0) is 16.0 Å². The van der Waals surface area contributed by atoms with Crippen molar-refractivity contribution in [1.29, 1.82) is 0 Å². The zero-order chi connectivity index (χ0) is 17.6. The molecule has 1 heterocycles. The molecule has 2 amide bonds. The van der Waals surface area contributed by atoms with E-state index in [1.807, 2.05) is 55.6 Å². The topological polar surface area (TPSA) is 74.0 Å². The lowest BCUT2D eigenvalue weighted by Crippen LogP contribution is -2.29. The number of aryl methyl sites for hydroxylation is 1. The van der Waals surface area contributed by atoms with Gasteiger partial charge in [0, 0.05) is 29.3 Å². The van der Waals surface area contributed by atoms with Gasteiger partial charge in [-0.15, -0.1) is 0 Å². The van der Waals surface area contributed by atoms with Crippen LogP contribution >= 0.6 is 0 Å². The summed E-state index contributed by atoms with van der Waals surface area (Å²) in [5.41, 5.74) is 4.05. The van der Waals surface area contributed by atoms with Crippen molar-refractivity contribution in [3.8, 4) is 0 Å². The van der Waals surface area contributed by atoms with Gasteiger partial charge in [0.25, 0.3) is 0 Å². The minimum atomic E-state index is -0.312. The van der Waals surface area contributed by atoms with Crippen LogP contribution in [0, 0.1) is 6.92 Å². The molecule has 0 bridgehead atoms. The third-order valence-electron chi connectivity index (χ3n) is 4.05. The van der Waals surface area contributed by atoms with Gasteiger partial charge >= 0.3 is 0 Å². The Balaban J connectivity index is 1.44. The number of carbonyl (C=O) groups is 2. The molecule has 3 rings (SSSR count). The van der Waals surface area contributed by atoms with Crippen molar-refractivity contribution in [1.82, 2.24) is 10.3 Å². The highest BCUT2D eigenvalue weighted by Crippen LogP contribution is 2.17. The molecule has 3 N–H and O–H groups in total. The molecule has 0 atom stereocenters.